The summed E-state index contributed by atoms with van der Waals surface area (Å²) < 4.78 is 5.31. The summed E-state index contributed by atoms with van der Waals surface area (Å²) >= 11 is 0. The number of ether oxygens (including phenoxy) is 1. The molecule has 1 aromatic heterocycles. The number of carbonyl (C=O) groups is 1. The van der Waals surface area contributed by atoms with Crippen molar-refractivity contribution in [3.63, 3.8) is 0 Å². The normalized spacial score (nSPS) is 18.5. The van der Waals surface area contributed by atoms with Crippen LogP contribution in [0, 0.1) is 5.92 Å². The van der Waals surface area contributed by atoms with E-state index < -0.39 is 0 Å². The highest BCUT2D eigenvalue weighted by Crippen LogP contribution is 2.17. The summed E-state index contributed by atoms with van der Waals surface area (Å²) in [7, 11) is 0. The summed E-state index contributed by atoms with van der Waals surface area (Å²) in [5.41, 5.74) is 2.36. The van der Waals surface area contributed by atoms with E-state index in [1.165, 1.54) is 5.56 Å². The van der Waals surface area contributed by atoms with Crippen LogP contribution in [0.1, 0.15) is 37.3 Å². The average Bonchev–Trinajstić information content (AvgIpc) is 2.96. The van der Waals surface area contributed by atoms with E-state index in [4.69, 9.17) is 4.74 Å². The molecule has 19 heavy (non-hydrogen) atoms. The van der Waals surface area contributed by atoms with E-state index in [0.717, 1.165) is 38.0 Å². The van der Waals surface area contributed by atoms with Crippen LogP contribution in [-0.4, -0.2) is 24.1 Å². The molecule has 4 nitrogen and oxygen atoms in total. The molecule has 1 fully saturated rings. The molecule has 2 heterocycles. The van der Waals surface area contributed by atoms with Gasteiger partial charge in [-0.05, 0) is 42.4 Å². The summed E-state index contributed by atoms with van der Waals surface area (Å²) in [4.78, 5) is 15.9. The molecule has 1 amide bonds. The Morgan fingerprint density at radius 1 is 1.53 bits per heavy atom. The molecule has 1 N–H and O–H groups in total. The second kappa shape index (κ2) is 7.24. The monoisotopic (exact) mass is 262 g/mol. The molecule has 1 atom stereocenters. The van der Waals surface area contributed by atoms with E-state index in [-0.39, 0.29) is 5.91 Å². The highest BCUT2D eigenvalue weighted by Gasteiger charge is 2.16. The number of rotatable bonds is 6. The lowest BCUT2D eigenvalue weighted by molar-refractivity contribution is -0.121. The molecule has 4 heteroatoms. The van der Waals surface area contributed by atoms with Crippen molar-refractivity contribution < 1.29 is 9.53 Å². The lowest BCUT2D eigenvalue weighted by Gasteiger charge is -2.10. The van der Waals surface area contributed by atoms with Crippen molar-refractivity contribution in [2.45, 2.75) is 39.2 Å². The topological polar surface area (TPSA) is 51.2 Å². The molecule has 1 aliphatic rings. The third-order valence-electron chi connectivity index (χ3n) is 3.67. The standard InChI is InChI=1S/C15H22N2O2/c1-2-13-9-16-7-5-14(13)10-17-15(18)4-3-12-6-8-19-11-12/h5,7,9,12H,2-4,6,8,10-11H2,1H3,(H,17,18). The zero-order valence-corrected chi connectivity index (χ0v) is 11.5. The van der Waals surface area contributed by atoms with E-state index in [1.807, 2.05) is 12.3 Å². The zero-order chi connectivity index (χ0) is 13.5. The number of hydrogen-bond acceptors (Lipinski definition) is 3. The fraction of sp³-hybridized carbons (Fsp3) is 0.600. The molecule has 0 spiro atoms. The molecule has 0 aromatic carbocycles. The maximum absolute atomic E-state index is 11.8. The van der Waals surface area contributed by atoms with Gasteiger partial charge in [0.25, 0.3) is 0 Å². The van der Waals surface area contributed by atoms with Crippen molar-refractivity contribution in [1.82, 2.24) is 10.3 Å². The summed E-state index contributed by atoms with van der Waals surface area (Å²) in [6, 6.07) is 1.98. The highest BCUT2D eigenvalue weighted by molar-refractivity contribution is 5.75. The van der Waals surface area contributed by atoms with Crippen LogP contribution in [0.3, 0.4) is 0 Å². The van der Waals surface area contributed by atoms with Gasteiger partial charge in [0, 0.05) is 38.6 Å². The summed E-state index contributed by atoms with van der Waals surface area (Å²) in [6.07, 6.45) is 7.22. The van der Waals surface area contributed by atoms with Crippen molar-refractivity contribution >= 4 is 5.91 Å². The van der Waals surface area contributed by atoms with Crippen LogP contribution in [0.4, 0.5) is 0 Å². The number of aromatic nitrogens is 1. The van der Waals surface area contributed by atoms with Gasteiger partial charge in [0.1, 0.15) is 0 Å². The van der Waals surface area contributed by atoms with Gasteiger partial charge in [0.2, 0.25) is 5.91 Å². The number of aryl methyl sites for hydroxylation is 1. The minimum Gasteiger partial charge on any atom is -0.381 e. The lowest BCUT2D eigenvalue weighted by atomic mass is 10.0. The first-order chi connectivity index (χ1) is 9.29. The van der Waals surface area contributed by atoms with Gasteiger partial charge >= 0.3 is 0 Å². The largest absolute Gasteiger partial charge is 0.381 e. The van der Waals surface area contributed by atoms with Gasteiger partial charge in [-0.25, -0.2) is 0 Å². The van der Waals surface area contributed by atoms with Crippen LogP contribution in [-0.2, 0) is 22.5 Å². The Kier molecular flexibility index (Phi) is 5.33. The molecule has 1 saturated heterocycles. The number of nitrogens with zero attached hydrogens (tertiary/aromatic N) is 1. The zero-order valence-electron chi connectivity index (χ0n) is 11.5. The fourth-order valence-electron chi connectivity index (χ4n) is 2.38. The third-order valence-corrected chi connectivity index (χ3v) is 3.67. The molecule has 0 aliphatic carbocycles. The number of pyridine rings is 1. The predicted octanol–water partition coefficient (Wildman–Crippen LogP) is 2.08. The molecule has 1 aromatic rings. The quantitative estimate of drug-likeness (QED) is 0.854. The average molecular weight is 262 g/mol. The number of nitrogens with one attached hydrogen (secondary N) is 1. The van der Waals surface area contributed by atoms with Crippen molar-refractivity contribution in [3.8, 4) is 0 Å². The Morgan fingerprint density at radius 2 is 2.42 bits per heavy atom. The third kappa shape index (κ3) is 4.31. The summed E-state index contributed by atoms with van der Waals surface area (Å²) in [5.74, 6) is 0.698. The number of amides is 1. The summed E-state index contributed by atoms with van der Waals surface area (Å²) in [5, 5.41) is 2.99. The van der Waals surface area contributed by atoms with Crippen LogP contribution in [0.25, 0.3) is 0 Å². The van der Waals surface area contributed by atoms with Gasteiger partial charge < -0.3 is 10.1 Å². The molecule has 104 valence electrons. The minimum absolute atomic E-state index is 0.130. The summed E-state index contributed by atoms with van der Waals surface area (Å²) in [6.45, 7) is 4.37. The molecule has 0 radical (unpaired) electrons. The van der Waals surface area contributed by atoms with Crippen molar-refractivity contribution in [2.75, 3.05) is 13.2 Å². The Bertz CT molecular complexity index is 414. The number of hydrogen-bond donors (Lipinski definition) is 1. The molecule has 0 saturated carbocycles. The molecule has 0 bridgehead atoms. The maximum atomic E-state index is 11.8. The first-order valence-electron chi connectivity index (χ1n) is 7.05. The molecule has 1 aliphatic heterocycles. The highest BCUT2D eigenvalue weighted by atomic mass is 16.5. The van der Waals surface area contributed by atoms with Crippen molar-refractivity contribution in [2.24, 2.45) is 5.92 Å². The van der Waals surface area contributed by atoms with Crippen LogP contribution in [0.5, 0.6) is 0 Å². The maximum Gasteiger partial charge on any atom is 0.220 e. The van der Waals surface area contributed by atoms with Crippen LogP contribution in [0.15, 0.2) is 18.5 Å². The van der Waals surface area contributed by atoms with Crippen LogP contribution in [0.2, 0.25) is 0 Å². The Morgan fingerprint density at radius 3 is 3.16 bits per heavy atom. The van der Waals surface area contributed by atoms with Gasteiger partial charge in [-0.1, -0.05) is 6.92 Å². The van der Waals surface area contributed by atoms with E-state index in [2.05, 4.69) is 17.2 Å². The second-order valence-electron chi connectivity index (χ2n) is 5.04. The fourth-order valence-corrected chi connectivity index (χ4v) is 2.38. The van der Waals surface area contributed by atoms with Crippen LogP contribution >= 0.6 is 0 Å². The van der Waals surface area contributed by atoms with Gasteiger partial charge in [-0.3, -0.25) is 9.78 Å². The predicted molar refractivity (Wildman–Crippen MR) is 73.6 cm³/mol. The van der Waals surface area contributed by atoms with E-state index in [9.17, 15) is 4.79 Å². The van der Waals surface area contributed by atoms with Crippen molar-refractivity contribution in [3.05, 3.63) is 29.6 Å². The Balaban J connectivity index is 1.73. The van der Waals surface area contributed by atoms with E-state index in [1.54, 1.807) is 6.20 Å². The van der Waals surface area contributed by atoms with E-state index >= 15 is 0 Å². The number of carbonyl (C=O) groups excluding carboxylic acids is 1. The SMILES string of the molecule is CCc1cnccc1CNC(=O)CCC1CCOC1. The molecule has 2 rings (SSSR count). The van der Waals surface area contributed by atoms with Gasteiger partial charge in [-0.15, -0.1) is 0 Å². The van der Waals surface area contributed by atoms with Crippen LogP contribution < -0.4 is 5.32 Å². The molecule has 1 unspecified atom stereocenters. The van der Waals surface area contributed by atoms with Gasteiger partial charge in [0.15, 0.2) is 0 Å². The smallest absolute Gasteiger partial charge is 0.220 e. The lowest BCUT2D eigenvalue weighted by Crippen LogP contribution is -2.23. The second-order valence-corrected chi connectivity index (χ2v) is 5.04. The Labute approximate surface area is 114 Å². The van der Waals surface area contributed by atoms with E-state index in [0.29, 0.717) is 18.9 Å². The minimum atomic E-state index is 0.130. The first-order valence-corrected chi connectivity index (χ1v) is 7.05. The van der Waals surface area contributed by atoms with Crippen molar-refractivity contribution in [1.29, 1.82) is 0 Å². The molecular formula is C15H22N2O2. The first kappa shape index (κ1) is 14.0. The van der Waals surface area contributed by atoms with Gasteiger partial charge in [0.05, 0.1) is 0 Å². The molecular weight excluding hydrogens is 240 g/mol. The van der Waals surface area contributed by atoms with Gasteiger partial charge in [-0.2, -0.15) is 0 Å². The Hall–Kier alpha value is -1.42.